The number of fused-ring (bicyclic) bond motifs is 1. The summed E-state index contributed by atoms with van der Waals surface area (Å²) in [5, 5.41) is 0. The van der Waals surface area contributed by atoms with E-state index in [4.69, 9.17) is 9.47 Å². The first kappa shape index (κ1) is 9.31. The van der Waals surface area contributed by atoms with Crippen molar-refractivity contribution in [2.24, 2.45) is 5.92 Å². The number of ether oxygens (including phenoxy) is 2. The molecule has 0 saturated heterocycles. The van der Waals surface area contributed by atoms with Crippen LogP contribution in [-0.2, 0) is 6.42 Å². The highest BCUT2D eigenvalue weighted by Crippen LogP contribution is 2.27. The van der Waals surface area contributed by atoms with E-state index < -0.39 is 0 Å². The van der Waals surface area contributed by atoms with Crippen LogP contribution in [0.25, 0.3) is 0 Å². The van der Waals surface area contributed by atoms with E-state index in [-0.39, 0.29) is 0 Å². The van der Waals surface area contributed by atoms with Crippen molar-refractivity contribution in [3.8, 4) is 11.6 Å². The third kappa shape index (κ3) is 1.97. The molecule has 14 heavy (non-hydrogen) atoms. The number of nitrogens with zero attached hydrogens (tertiary/aromatic N) is 1. The maximum Gasteiger partial charge on any atom is 0.257 e. The van der Waals surface area contributed by atoms with Gasteiger partial charge in [0.1, 0.15) is 13.2 Å². The molecule has 1 aliphatic rings. The third-order valence-corrected chi connectivity index (χ3v) is 2.08. The van der Waals surface area contributed by atoms with Crippen molar-refractivity contribution in [1.29, 1.82) is 0 Å². The largest absolute Gasteiger partial charge is 0.484 e. The monoisotopic (exact) mass is 193 g/mol. The minimum atomic E-state index is 0.602. The van der Waals surface area contributed by atoms with Crippen LogP contribution in [0.2, 0.25) is 0 Å². The highest BCUT2D eigenvalue weighted by Gasteiger charge is 2.13. The number of rotatable bonds is 2. The van der Waals surface area contributed by atoms with Gasteiger partial charge in [-0.25, -0.2) is 4.98 Å². The van der Waals surface area contributed by atoms with Gasteiger partial charge in [0.15, 0.2) is 5.75 Å². The van der Waals surface area contributed by atoms with Crippen molar-refractivity contribution in [3.05, 3.63) is 17.8 Å². The molecule has 2 rings (SSSR count). The van der Waals surface area contributed by atoms with Gasteiger partial charge in [0.2, 0.25) is 0 Å². The van der Waals surface area contributed by atoms with Crippen molar-refractivity contribution < 1.29 is 9.47 Å². The molecule has 3 nitrogen and oxygen atoms in total. The van der Waals surface area contributed by atoms with Crippen LogP contribution in [0.4, 0.5) is 0 Å². The van der Waals surface area contributed by atoms with E-state index in [0.717, 1.165) is 17.9 Å². The van der Waals surface area contributed by atoms with Crippen molar-refractivity contribution in [3.63, 3.8) is 0 Å². The summed E-state index contributed by atoms with van der Waals surface area (Å²) in [6, 6.07) is 3.95. The minimum absolute atomic E-state index is 0.602. The minimum Gasteiger partial charge on any atom is -0.484 e. The van der Waals surface area contributed by atoms with Gasteiger partial charge in [-0.15, -0.1) is 0 Å². The van der Waals surface area contributed by atoms with Gasteiger partial charge in [0.05, 0.1) is 0 Å². The van der Waals surface area contributed by atoms with Gasteiger partial charge < -0.3 is 9.47 Å². The van der Waals surface area contributed by atoms with E-state index in [1.807, 2.05) is 12.1 Å². The summed E-state index contributed by atoms with van der Waals surface area (Å²) >= 11 is 0. The normalized spacial score (nSPS) is 14.5. The number of pyridine rings is 1. The van der Waals surface area contributed by atoms with Crippen LogP contribution in [0, 0.1) is 5.92 Å². The lowest BCUT2D eigenvalue weighted by atomic mass is 10.1. The molecule has 0 spiro atoms. The van der Waals surface area contributed by atoms with E-state index in [2.05, 4.69) is 18.8 Å². The van der Waals surface area contributed by atoms with E-state index in [0.29, 0.717) is 25.0 Å². The van der Waals surface area contributed by atoms with Gasteiger partial charge in [-0.05, 0) is 24.5 Å². The highest BCUT2D eigenvalue weighted by molar-refractivity contribution is 5.35. The fourth-order valence-corrected chi connectivity index (χ4v) is 1.50. The molecule has 2 heterocycles. The van der Waals surface area contributed by atoms with Crippen molar-refractivity contribution in [2.75, 3.05) is 13.2 Å². The molecule has 0 radical (unpaired) electrons. The average molecular weight is 193 g/mol. The van der Waals surface area contributed by atoms with E-state index in [9.17, 15) is 0 Å². The Hall–Kier alpha value is -1.25. The summed E-state index contributed by atoms with van der Waals surface area (Å²) < 4.78 is 10.8. The predicted octanol–water partition coefficient (Wildman–Crippen LogP) is 2.05. The predicted molar refractivity (Wildman–Crippen MR) is 53.8 cm³/mol. The summed E-state index contributed by atoms with van der Waals surface area (Å²) in [4.78, 5) is 4.41. The van der Waals surface area contributed by atoms with Gasteiger partial charge in [0.25, 0.3) is 5.88 Å². The first-order chi connectivity index (χ1) is 6.75. The SMILES string of the molecule is CC(C)Cc1ccc2c(n1)OCCO2. The molecule has 0 aromatic carbocycles. The lowest BCUT2D eigenvalue weighted by Crippen LogP contribution is -2.16. The second kappa shape index (κ2) is 3.86. The molecule has 0 atom stereocenters. The Labute approximate surface area is 84.1 Å². The fraction of sp³-hybridized carbons (Fsp3) is 0.545. The molecule has 0 saturated carbocycles. The van der Waals surface area contributed by atoms with Gasteiger partial charge in [-0.2, -0.15) is 0 Å². The van der Waals surface area contributed by atoms with Crippen LogP contribution in [-0.4, -0.2) is 18.2 Å². The zero-order valence-corrected chi connectivity index (χ0v) is 8.62. The van der Waals surface area contributed by atoms with E-state index in [1.54, 1.807) is 0 Å². The van der Waals surface area contributed by atoms with Crippen molar-refractivity contribution in [2.45, 2.75) is 20.3 Å². The van der Waals surface area contributed by atoms with Crippen molar-refractivity contribution >= 4 is 0 Å². The molecule has 0 bridgehead atoms. The van der Waals surface area contributed by atoms with E-state index in [1.165, 1.54) is 0 Å². The molecule has 0 fully saturated rings. The second-order valence-corrected chi connectivity index (χ2v) is 3.90. The number of aromatic nitrogens is 1. The molecule has 1 aromatic rings. The fourth-order valence-electron chi connectivity index (χ4n) is 1.50. The topological polar surface area (TPSA) is 31.4 Å². The quantitative estimate of drug-likeness (QED) is 0.720. The van der Waals surface area contributed by atoms with Crippen LogP contribution >= 0.6 is 0 Å². The Bertz CT molecular complexity index is 323. The van der Waals surface area contributed by atoms with Gasteiger partial charge >= 0.3 is 0 Å². The average Bonchev–Trinajstić information content (AvgIpc) is 2.17. The zero-order chi connectivity index (χ0) is 9.97. The summed E-state index contributed by atoms with van der Waals surface area (Å²) in [6.45, 7) is 5.58. The van der Waals surface area contributed by atoms with Crippen molar-refractivity contribution in [1.82, 2.24) is 4.98 Å². The molecule has 0 unspecified atom stereocenters. The molecule has 1 aliphatic heterocycles. The van der Waals surface area contributed by atoms with Gasteiger partial charge in [-0.3, -0.25) is 0 Å². The number of hydrogen-bond acceptors (Lipinski definition) is 3. The van der Waals surface area contributed by atoms with Crippen LogP contribution in [0.15, 0.2) is 12.1 Å². The Morgan fingerprint density at radius 2 is 2.07 bits per heavy atom. The summed E-state index contributed by atoms with van der Waals surface area (Å²) in [5.74, 6) is 2.03. The van der Waals surface area contributed by atoms with E-state index >= 15 is 0 Å². The lowest BCUT2D eigenvalue weighted by Gasteiger charge is -2.17. The van der Waals surface area contributed by atoms with Gasteiger partial charge in [0, 0.05) is 5.69 Å². The standard InChI is InChI=1S/C11H15NO2/c1-8(2)7-9-3-4-10-11(12-9)14-6-5-13-10/h3-4,8H,5-7H2,1-2H3. The maximum atomic E-state index is 5.41. The van der Waals surface area contributed by atoms with Crippen LogP contribution in [0.5, 0.6) is 11.6 Å². The molecular weight excluding hydrogens is 178 g/mol. The molecule has 0 aliphatic carbocycles. The lowest BCUT2D eigenvalue weighted by molar-refractivity contribution is 0.164. The molecular formula is C11H15NO2. The summed E-state index contributed by atoms with van der Waals surface area (Å²) in [7, 11) is 0. The second-order valence-electron chi connectivity index (χ2n) is 3.90. The highest BCUT2D eigenvalue weighted by atomic mass is 16.6. The van der Waals surface area contributed by atoms with Crippen LogP contribution < -0.4 is 9.47 Å². The Morgan fingerprint density at radius 1 is 1.29 bits per heavy atom. The van der Waals surface area contributed by atoms with Crippen LogP contribution in [0.1, 0.15) is 19.5 Å². The molecule has 0 amide bonds. The van der Waals surface area contributed by atoms with Crippen LogP contribution in [0.3, 0.4) is 0 Å². The molecule has 0 N–H and O–H groups in total. The first-order valence-corrected chi connectivity index (χ1v) is 5.01. The zero-order valence-electron chi connectivity index (χ0n) is 8.62. The third-order valence-electron chi connectivity index (χ3n) is 2.08. The number of hydrogen-bond donors (Lipinski definition) is 0. The maximum absolute atomic E-state index is 5.41. The Morgan fingerprint density at radius 3 is 2.86 bits per heavy atom. The molecule has 1 aromatic heterocycles. The van der Waals surface area contributed by atoms with Gasteiger partial charge in [-0.1, -0.05) is 13.8 Å². The molecule has 3 heteroatoms. The summed E-state index contributed by atoms with van der Waals surface area (Å²) in [5.41, 5.74) is 1.07. The Balaban J connectivity index is 2.20. The Kier molecular flexibility index (Phi) is 2.57. The summed E-state index contributed by atoms with van der Waals surface area (Å²) in [6.07, 6.45) is 0.983. The smallest absolute Gasteiger partial charge is 0.257 e. The first-order valence-electron chi connectivity index (χ1n) is 5.01. The molecule has 76 valence electrons.